The zero-order valence-corrected chi connectivity index (χ0v) is 12.5. The van der Waals surface area contributed by atoms with E-state index in [2.05, 4.69) is 5.43 Å². The Labute approximate surface area is 124 Å². The molecule has 2 rings (SSSR count). The van der Waals surface area contributed by atoms with E-state index in [1.165, 1.54) is 25.7 Å². The van der Waals surface area contributed by atoms with E-state index in [0.717, 1.165) is 18.7 Å². The molecule has 3 nitrogen and oxygen atoms in total. The van der Waals surface area contributed by atoms with Crippen molar-refractivity contribution < 1.29 is 13.2 Å². The SMILES string of the molecule is NNC(=NC1CCCCCC1)C1CCC(C(F)(F)F)CC1. The first-order valence-electron chi connectivity index (χ1n) is 8.11. The fourth-order valence-electron chi connectivity index (χ4n) is 3.54. The Morgan fingerprint density at radius 1 is 0.905 bits per heavy atom. The van der Waals surface area contributed by atoms with Crippen molar-refractivity contribution in [1.82, 2.24) is 5.43 Å². The first-order valence-corrected chi connectivity index (χ1v) is 8.11. The van der Waals surface area contributed by atoms with Crippen LogP contribution in [0.25, 0.3) is 0 Å². The van der Waals surface area contributed by atoms with Crippen molar-refractivity contribution in [2.75, 3.05) is 0 Å². The van der Waals surface area contributed by atoms with Crippen molar-refractivity contribution >= 4 is 5.84 Å². The summed E-state index contributed by atoms with van der Waals surface area (Å²) in [6, 6.07) is 0.291. The molecule has 0 heterocycles. The van der Waals surface area contributed by atoms with Gasteiger partial charge in [0.25, 0.3) is 0 Å². The Bertz CT molecular complexity index is 339. The number of hydrogen-bond acceptors (Lipinski definition) is 2. The van der Waals surface area contributed by atoms with Gasteiger partial charge in [-0.3, -0.25) is 4.99 Å². The van der Waals surface area contributed by atoms with Crippen molar-refractivity contribution in [3.63, 3.8) is 0 Å². The highest BCUT2D eigenvalue weighted by atomic mass is 19.4. The number of nitrogens with two attached hydrogens (primary N) is 1. The number of halogens is 3. The number of alkyl halides is 3. The Morgan fingerprint density at radius 3 is 1.95 bits per heavy atom. The average molecular weight is 305 g/mol. The van der Waals surface area contributed by atoms with Crippen molar-refractivity contribution in [1.29, 1.82) is 0 Å². The number of rotatable bonds is 2. The maximum Gasteiger partial charge on any atom is 0.391 e. The first-order chi connectivity index (χ1) is 10.0. The molecular formula is C15H26F3N3. The van der Waals surface area contributed by atoms with Gasteiger partial charge in [-0.05, 0) is 38.5 Å². The van der Waals surface area contributed by atoms with Crippen LogP contribution in [0.3, 0.4) is 0 Å². The van der Waals surface area contributed by atoms with Gasteiger partial charge < -0.3 is 5.43 Å². The summed E-state index contributed by atoms with van der Waals surface area (Å²) in [4.78, 5) is 4.72. The summed E-state index contributed by atoms with van der Waals surface area (Å²) in [5.41, 5.74) is 2.66. The van der Waals surface area contributed by atoms with Gasteiger partial charge in [-0.2, -0.15) is 13.2 Å². The third-order valence-corrected chi connectivity index (χ3v) is 4.87. The minimum absolute atomic E-state index is 0.0665. The second-order valence-electron chi connectivity index (χ2n) is 6.39. The summed E-state index contributed by atoms with van der Waals surface area (Å²) in [7, 11) is 0. The predicted molar refractivity (Wildman–Crippen MR) is 77.8 cm³/mol. The Hall–Kier alpha value is -0.780. The number of aliphatic imine (C=N–C) groups is 1. The number of hydrogen-bond donors (Lipinski definition) is 2. The molecule has 2 saturated carbocycles. The first kappa shape index (κ1) is 16.6. The van der Waals surface area contributed by atoms with Gasteiger partial charge >= 0.3 is 6.18 Å². The second-order valence-corrected chi connectivity index (χ2v) is 6.39. The van der Waals surface area contributed by atoms with Crippen LogP contribution in [-0.2, 0) is 0 Å². The normalized spacial score (nSPS) is 30.0. The van der Waals surface area contributed by atoms with Crippen LogP contribution in [0.4, 0.5) is 13.2 Å². The van der Waals surface area contributed by atoms with Crippen LogP contribution in [-0.4, -0.2) is 18.1 Å². The van der Waals surface area contributed by atoms with Gasteiger partial charge in [-0.25, -0.2) is 5.84 Å². The smallest absolute Gasteiger partial charge is 0.312 e. The van der Waals surface area contributed by atoms with Crippen molar-refractivity contribution in [2.24, 2.45) is 22.7 Å². The van der Waals surface area contributed by atoms with Gasteiger partial charge in [0.05, 0.1) is 12.0 Å². The van der Waals surface area contributed by atoms with E-state index in [0.29, 0.717) is 18.9 Å². The lowest BCUT2D eigenvalue weighted by molar-refractivity contribution is -0.182. The highest BCUT2D eigenvalue weighted by Gasteiger charge is 2.42. The van der Waals surface area contributed by atoms with Crippen LogP contribution in [0.5, 0.6) is 0 Å². The molecule has 0 aromatic rings. The topological polar surface area (TPSA) is 50.4 Å². The zero-order valence-electron chi connectivity index (χ0n) is 12.5. The Morgan fingerprint density at radius 2 is 1.48 bits per heavy atom. The number of hydrazine groups is 1. The molecule has 0 saturated heterocycles. The Kier molecular flexibility index (Phi) is 5.90. The molecule has 2 aliphatic carbocycles. The zero-order chi connectivity index (χ0) is 15.3. The molecule has 0 spiro atoms. The molecule has 122 valence electrons. The molecule has 2 fully saturated rings. The molecule has 0 aliphatic heterocycles. The van der Waals surface area contributed by atoms with E-state index in [1.807, 2.05) is 0 Å². The molecule has 0 aromatic heterocycles. The van der Waals surface area contributed by atoms with Gasteiger partial charge in [0.2, 0.25) is 0 Å². The number of nitrogens with one attached hydrogen (secondary N) is 1. The average Bonchev–Trinajstić information content (AvgIpc) is 2.72. The van der Waals surface area contributed by atoms with E-state index >= 15 is 0 Å². The molecule has 0 bridgehead atoms. The summed E-state index contributed by atoms with van der Waals surface area (Å²) in [5, 5.41) is 0. The van der Waals surface area contributed by atoms with Crippen LogP contribution >= 0.6 is 0 Å². The molecular weight excluding hydrogens is 279 g/mol. The molecule has 21 heavy (non-hydrogen) atoms. The van der Waals surface area contributed by atoms with Crippen LogP contribution in [0.2, 0.25) is 0 Å². The highest BCUT2D eigenvalue weighted by Crippen LogP contribution is 2.39. The molecule has 0 radical (unpaired) electrons. The number of amidine groups is 1. The summed E-state index contributed by atoms with van der Waals surface area (Å²) in [6.07, 6.45) is 4.42. The van der Waals surface area contributed by atoms with Gasteiger partial charge in [-0.1, -0.05) is 25.7 Å². The van der Waals surface area contributed by atoms with Crippen molar-refractivity contribution in [3.8, 4) is 0 Å². The van der Waals surface area contributed by atoms with Crippen LogP contribution in [0.15, 0.2) is 4.99 Å². The van der Waals surface area contributed by atoms with Crippen LogP contribution < -0.4 is 11.3 Å². The number of nitrogens with zero attached hydrogens (tertiary/aromatic N) is 1. The Balaban J connectivity index is 1.92. The van der Waals surface area contributed by atoms with E-state index in [4.69, 9.17) is 10.8 Å². The summed E-state index contributed by atoms with van der Waals surface area (Å²) < 4.78 is 38.1. The standard InChI is InChI=1S/C15H26F3N3/c16-15(17,18)12-9-7-11(8-10-12)14(21-19)20-13-5-3-1-2-4-6-13/h11-13H,1-10,19H2,(H,20,21). The van der Waals surface area contributed by atoms with E-state index in [9.17, 15) is 13.2 Å². The lowest BCUT2D eigenvalue weighted by Gasteiger charge is -2.30. The summed E-state index contributed by atoms with van der Waals surface area (Å²) in [5.74, 6) is 5.22. The molecule has 0 unspecified atom stereocenters. The summed E-state index contributed by atoms with van der Waals surface area (Å²) in [6.45, 7) is 0. The third kappa shape index (κ3) is 4.87. The van der Waals surface area contributed by atoms with Gasteiger partial charge in [-0.15, -0.1) is 0 Å². The fourth-order valence-corrected chi connectivity index (χ4v) is 3.54. The van der Waals surface area contributed by atoms with Crippen molar-refractivity contribution in [3.05, 3.63) is 0 Å². The van der Waals surface area contributed by atoms with Gasteiger partial charge in [0.1, 0.15) is 5.84 Å². The van der Waals surface area contributed by atoms with E-state index in [1.54, 1.807) is 0 Å². The predicted octanol–water partition coefficient (Wildman–Crippen LogP) is 3.94. The van der Waals surface area contributed by atoms with Crippen LogP contribution in [0.1, 0.15) is 64.2 Å². The maximum absolute atomic E-state index is 12.7. The lowest BCUT2D eigenvalue weighted by atomic mass is 9.81. The second kappa shape index (κ2) is 7.47. The third-order valence-electron chi connectivity index (χ3n) is 4.87. The molecule has 0 atom stereocenters. The fraction of sp³-hybridized carbons (Fsp3) is 0.933. The minimum Gasteiger partial charge on any atom is -0.312 e. The maximum atomic E-state index is 12.7. The summed E-state index contributed by atoms with van der Waals surface area (Å²) >= 11 is 0. The van der Waals surface area contributed by atoms with Crippen molar-refractivity contribution in [2.45, 2.75) is 76.4 Å². The largest absolute Gasteiger partial charge is 0.391 e. The minimum atomic E-state index is -4.06. The van der Waals surface area contributed by atoms with Gasteiger partial charge in [0, 0.05) is 5.92 Å². The van der Waals surface area contributed by atoms with Gasteiger partial charge in [0.15, 0.2) is 0 Å². The lowest BCUT2D eigenvalue weighted by Crippen LogP contribution is -2.40. The monoisotopic (exact) mass is 305 g/mol. The molecule has 3 N–H and O–H groups in total. The quantitative estimate of drug-likeness (QED) is 0.267. The molecule has 0 amide bonds. The van der Waals surface area contributed by atoms with E-state index in [-0.39, 0.29) is 18.8 Å². The molecule has 6 heteroatoms. The molecule has 2 aliphatic rings. The van der Waals surface area contributed by atoms with E-state index < -0.39 is 12.1 Å². The van der Waals surface area contributed by atoms with Crippen LogP contribution in [0, 0.1) is 11.8 Å². The highest BCUT2D eigenvalue weighted by molar-refractivity contribution is 5.84. The molecule has 0 aromatic carbocycles.